The van der Waals surface area contributed by atoms with Crippen molar-refractivity contribution in [2.24, 2.45) is 11.7 Å². The van der Waals surface area contributed by atoms with E-state index >= 15 is 0 Å². The third-order valence-corrected chi connectivity index (χ3v) is 6.36. The molecule has 6 N–H and O–H groups in total. The summed E-state index contributed by atoms with van der Waals surface area (Å²) < 4.78 is 10.3. The predicted molar refractivity (Wildman–Crippen MR) is 157 cm³/mol. The second-order valence-electron chi connectivity index (χ2n) is 10.3. The van der Waals surface area contributed by atoms with E-state index in [0.29, 0.717) is 12.1 Å². The first-order chi connectivity index (χ1) is 20.9. The summed E-state index contributed by atoms with van der Waals surface area (Å²) in [6, 6.07) is 3.92. The Balaban J connectivity index is 1.94. The number of rotatable bonds is 18. The van der Waals surface area contributed by atoms with Gasteiger partial charge in [-0.15, -0.1) is 0 Å². The molecule has 1 aromatic carbocycles. The van der Waals surface area contributed by atoms with E-state index in [2.05, 4.69) is 21.3 Å². The molecule has 0 fully saturated rings. The molecule has 1 aliphatic heterocycles. The summed E-state index contributed by atoms with van der Waals surface area (Å²) in [5.41, 5.74) is 6.27. The summed E-state index contributed by atoms with van der Waals surface area (Å²) in [7, 11) is 0. The molecule has 15 heteroatoms. The highest BCUT2D eigenvalue weighted by Crippen LogP contribution is 2.13. The summed E-state index contributed by atoms with van der Waals surface area (Å²) in [4.78, 5) is 85.2. The van der Waals surface area contributed by atoms with Crippen molar-refractivity contribution >= 4 is 47.2 Å². The molecule has 1 aliphatic rings. The smallest absolute Gasteiger partial charge is 0.312 e. The summed E-state index contributed by atoms with van der Waals surface area (Å²) in [5.74, 6) is -3.15. The van der Waals surface area contributed by atoms with Gasteiger partial charge in [0.15, 0.2) is 0 Å². The maximum absolute atomic E-state index is 13.2. The molecule has 15 nitrogen and oxygen atoms in total. The molecule has 1 aromatic rings. The number of primary amides is 1. The van der Waals surface area contributed by atoms with E-state index in [-0.39, 0.29) is 51.7 Å². The fraction of sp³-hybridized carbons (Fsp3) is 0.483. The molecule has 0 spiro atoms. The molecule has 1 heterocycles. The number of esters is 1. The fourth-order valence-electron chi connectivity index (χ4n) is 4.00. The number of nitrogens with zero attached hydrogens (tertiary/aromatic N) is 1. The van der Waals surface area contributed by atoms with Crippen LogP contribution >= 0.6 is 0 Å². The van der Waals surface area contributed by atoms with E-state index in [1.165, 1.54) is 19.1 Å². The molecule has 7 amide bonds. The van der Waals surface area contributed by atoms with Crippen LogP contribution in [0.2, 0.25) is 0 Å². The van der Waals surface area contributed by atoms with Gasteiger partial charge in [0, 0.05) is 37.7 Å². The van der Waals surface area contributed by atoms with Gasteiger partial charge in [-0.2, -0.15) is 0 Å². The van der Waals surface area contributed by atoms with E-state index < -0.39 is 53.6 Å². The molecule has 0 saturated heterocycles. The number of ether oxygens (including phenoxy) is 2. The normalized spacial score (nSPS) is 13.8. The predicted octanol–water partition coefficient (Wildman–Crippen LogP) is 0.0940. The number of carbonyl (C=O) groups excluding carboxylic acids is 7. The topological polar surface area (TPSA) is 215 Å². The number of benzene rings is 1. The lowest BCUT2D eigenvalue weighted by atomic mass is 10.0. The largest absolute Gasteiger partial charge is 0.461 e. The van der Waals surface area contributed by atoms with Crippen molar-refractivity contribution in [2.75, 3.05) is 31.6 Å². The van der Waals surface area contributed by atoms with Gasteiger partial charge in [0.2, 0.25) is 17.7 Å². The molecular formula is C29H40N6O9. The van der Waals surface area contributed by atoms with Crippen LogP contribution in [0.15, 0.2) is 36.4 Å². The Bertz CT molecular complexity index is 1210. The first-order valence-corrected chi connectivity index (χ1v) is 14.1. The number of anilines is 1. The SMILES string of the molecule is CC(=O)OCc1ccc(NC(=O)[C@H](CCCNC(N)=O)NC(=O)[C@@H](NC(=O)CCOCCN2C(=O)C=CC2=O)C(C)C)cc1. The van der Waals surface area contributed by atoms with Crippen LogP contribution < -0.4 is 27.0 Å². The van der Waals surface area contributed by atoms with Gasteiger partial charge < -0.3 is 36.5 Å². The van der Waals surface area contributed by atoms with E-state index in [4.69, 9.17) is 15.2 Å². The van der Waals surface area contributed by atoms with E-state index in [1.807, 2.05) is 0 Å². The standard InChI is InChI=1S/C29H40N6O9/c1-18(2)26(34-23(37)12-15-43-16-14-35-24(38)10-11-25(35)39)28(41)33-22(5-4-13-31-29(30)42)27(40)32-21-8-6-20(7-9-21)17-44-19(3)36/h6-11,18,22,26H,4-5,12-17H2,1-3H3,(H,32,40)(H,33,41)(H,34,37)(H3,30,31,42)/t22-,26-/m0/s1. The molecule has 44 heavy (non-hydrogen) atoms. The zero-order valence-corrected chi connectivity index (χ0v) is 25.1. The Morgan fingerprint density at radius 3 is 2.18 bits per heavy atom. The second kappa shape index (κ2) is 18.0. The second-order valence-corrected chi connectivity index (χ2v) is 10.3. The van der Waals surface area contributed by atoms with Crippen LogP contribution in [0, 0.1) is 5.92 Å². The minimum Gasteiger partial charge on any atom is -0.461 e. The minimum atomic E-state index is -1.01. The number of amides is 7. The third kappa shape index (κ3) is 12.6. The van der Waals surface area contributed by atoms with Gasteiger partial charge in [-0.1, -0.05) is 26.0 Å². The molecule has 0 saturated carbocycles. The van der Waals surface area contributed by atoms with Crippen LogP contribution in [-0.4, -0.2) is 84.8 Å². The molecule has 0 radical (unpaired) electrons. The van der Waals surface area contributed by atoms with Gasteiger partial charge in [0.1, 0.15) is 18.7 Å². The summed E-state index contributed by atoms with van der Waals surface area (Å²) in [5, 5.41) is 10.5. The van der Waals surface area contributed by atoms with Gasteiger partial charge in [-0.25, -0.2) is 4.79 Å². The van der Waals surface area contributed by atoms with Crippen LogP contribution in [0.3, 0.4) is 0 Å². The average Bonchev–Trinajstić information content (AvgIpc) is 3.28. The molecular weight excluding hydrogens is 576 g/mol. The Kier molecular flexibility index (Phi) is 14.5. The van der Waals surface area contributed by atoms with Crippen LogP contribution in [0.5, 0.6) is 0 Å². The number of hydrogen-bond acceptors (Lipinski definition) is 9. The van der Waals surface area contributed by atoms with E-state index in [9.17, 15) is 33.6 Å². The number of carbonyl (C=O) groups is 7. The third-order valence-electron chi connectivity index (χ3n) is 6.36. The Morgan fingerprint density at radius 1 is 0.932 bits per heavy atom. The lowest BCUT2D eigenvalue weighted by molar-refractivity contribution is -0.142. The monoisotopic (exact) mass is 616 g/mol. The molecule has 240 valence electrons. The lowest BCUT2D eigenvalue weighted by Gasteiger charge is -2.25. The number of hydrogen-bond donors (Lipinski definition) is 5. The molecule has 2 atom stereocenters. The van der Waals surface area contributed by atoms with Crippen LogP contribution in [0.25, 0.3) is 0 Å². The van der Waals surface area contributed by atoms with Crippen molar-refractivity contribution in [1.82, 2.24) is 20.9 Å². The fourth-order valence-corrected chi connectivity index (χ4v) is 4.00. The lowest BCUT2D eigenvalue weighted by Crippen LogP contribution is -2.54. The van der Waals surface area contributed by atoms with Crippen molar-refractivity contribution in [2.45, 2.75) is 58.7 Å². The first kappa shape index (κ1) is 35.4. The number of nitrogens with two attached hydrogens (primary N) is 1. The Morgan fingerprint density at radius 2 is 1.59 bits per heavy atom. The van der Waals surface area contributed by atoms with Crippen LogP contribution in [0.1, 0.15) is 45.6 Å². The Labute approximate surface area is 255 Å². The van der Waals surface area contributed by atoms with Gasteiger partial charge in [-0.05, 0) is 36.5 Å². The molecule has 0 aliphatic carbocycles. The van der Waals surface area contributed by atoms with E-state index in [0.717, 1.165) is 10.5 Å². The minimum absolute atomic E-state index is 0.000518. The number of imide groups is 1. The highest BCUT2D eigenvalue weighted by atomic mass is 16.5. The van der Waals surface area contributed by atoms with Crippen LogP contribution in [0.4, 0.5) is 10.5 Å². The molecule has 0 aromatic heterocycles. The number of urea groups is 1. The van der Waals surface area contributed by atoms with Crippen molar-refractivity contribution in [3.05, 3.63) is 42.0 Å². The molecule has 0 unspecified atom stereocenters. The van der Waals surface area contributed by atoms with Gasteiger partial charge in [0.05, 0.1) is 19.8 Å². The van der Waals surface area contributed by atoms with Crippen molar-refractivity contribution in [3.63, 3.8) is 0 Å². The maximum atomic E-state index is 13.2. The summed E-state index contributed by atoms with van der Waals surface area (Å²) in [6.45, 7) is 5.15. The number of nitrogens with one attached hydrogen (secondary N) is 4. The van der Waals surface area contributed by atoms with Gasteiger partial charge >= 0.3 is 12.0 Å². The molecule has 0 bridgehead atoms. The highest BCUT2D eigenvalue weighted by Gasteiger charge is 2.29. The summed E-state index contributed by atoms with van der Waals surface area (Å²) >= 11 is 0. The van der Waals surface area contributed by atoms with Crippen molar-refractivity contribution in [3.8, 4) is 0 Å². The van der Waals surface area contributed by atoms with Crippen molar-refractivity contribution < 1.29 is 43.0 Å². The van der Waals surface area contributed by atoms with Gasteiger partial charge in [-0.3, -0.25) is 33.7 Å². The zero-order chi connectivity index (χ0) is 32.6. The summed E-state index contributed by atoms with van der Waals surface area (Å²) in [6.07, 6.45) is 2.75. The van der Waals surface area contributed by atoms with Crippen LogP contribution in [-0.2, 0) is 44.8 Å². The quantitative estimate of drug-likeness (QED) is 0.0857. The maximum Gasteiger partial charge on any atom is 0.312 e. The Hall–Kier alpha value is -4.79. The van der Waals surface area contributed by atoms with E-state index in [1.54, 1.807) is 38.1 Å². The zero-order valence-electron chi connectivity index (χ0n) is 25.1. The first-order valence-electron chi connectivity index (χ1n) is 14.1. The van der Waals surface area contributed by atoms with Crippen molar-refractivity contribution in [1.29, 1.82) is 0 Å². The highest BCUT2D eigenvalue weighted by molar-refractivity contribution is 6.12. The van der Waals surface area contributed by atoms with Gasteiger partial charge in [0.25, 0.3) is 11.8 Å². The molecule has 2 rings (SSSR count). The average molecular weight is 617 g/mol.